The van der Waals surface area contributed by atoms with Crippen LogP contribution in [0.15, 0.2) is 11.6 Å². The fourth-order valence-corrected chi connectivity index (χ4v) is 4.44. The predicted octanol–water partition coefficient (Wildman–Crippen LogP) is 3.87. The van der Waals surface area contributed by atoms with Crippen LogP contribution in [0.4, 0.5) is 4.79 Å². The fourth-order valence-electron chi connectivity index (χ4n) is 4.44. The molecule has 2 aliphatic carbocycles. The molecule has 0 aromatic carbocycles. The molecule has 1 fully saturated rings. The lowest BCUT2D eigenvalue weighted by Gasteiger charge is -2.46. The van der Waals surface area contributed by atoms with Gasteiger partial charge >= 0.3 is 6.09 Å². The highest BCUT2D eigenvalue weighted by Crippen LogP contribution is 2.49. The van der Waals surface area contributed by atoms with Crippen LogP contribution >= 0.6 is 0 Å². The molecular weight excluding hydrogens is 288 g/mol. The molecule has 4 heteroatoms. The van der Waals surface area contributed by atoms with Crippen molar-refractivity contribution in [3.05, 3.63) is 11.6 Å². The first-order valence-electron chi connectivity index (χ1n) is 9.05. The summed E-state index contributed by atoms with van der Waals surface area (Å²) in [6.07, 6.45) is 7.31. The van der Waals surface area contributed by atoms with Gasteiger partial charge < -0.3 is 15.4 Å². The molecule has 2 N–H and O–H groups in total. The lowest BCUT2D eigenvalue weighted by molar-refractivity contribution is 0.0527. The SMILES string of the molecule is CC1C=C2CC(C)CC(CNCCNC(=O)OC(C)(C)C)(C2)C1. The zero-order valence-electron chi connectivity index (χ0n) is 15.5. The Kier molecular flexibility index (Phi) is 5.77. The number of nitrogens with one attached hydrogen (secondary N) is 2. The number of rotatable bonds is 5. The van der Waals surface area contributed by atoms with Gasteiger partial charge in [-0.3, -0.25) is 0 Å². The van der Waals surface area contributed by atoms with Crippen molar-refractivity contribution in [2.45, 2.75) is 65.9 Å². The van der Waals surface area contributed by atoms with Crippen LogP contribution in [-0.4, -0.2) is 31.3 Å². The Balaban J connectivity index is 1.71. The Labute approximate surface area is 141 Å². The van der Waals surface area contributed by atoms with E-state index in [0.717, 1.165) is 19.0 Å². The number of carbonyl (C=O) groups excluding carboxylic acids is 1. The van der Waals surface area contributed by atoms with Crippen molar-refractivity contribution >= 4 is 6.09 Å². The maximum absolute atomic E-state index is 11.6. The van der Waals surface area contributed by atoms with E-state index in [4.69, 9.17) is 4.74 Å². The standard InChI is InChI=1S/C19H34N2O2/c1-14-8-16-9-15(2)11-19(10-14,12-16)13-20-6-7-21-17(22)23-18(3,4)5/h8,14-15,20H,6-7,9-13H2,1-5H3,(H,21,22). The molecule has 1 saturated carbocycles. The summed E-state index contributed by atoms with van der Waals surface area (Å²) >= 11 is 0. The normalized spacial score (nSPS) is 30.6. The van der Waals surface area contributed by atoms with Gasteiger partial charge in [0.05, 0.1) is 0 Å². The molecule has 0 heterocycles. The van der Waals surface area contributed by atoms with Crippen molar-refractivity contribution in [2.24, 2.45) is 17.3 Å². The first kappa shape index (κ1) is 18.3. The minimum Gasteiger partial charge on any atom is -0.444 e. The Morgan fingerprint density at radius 2 is 2.04 bits per heavy atom. The van der Waals surface area contributed by atoms with Crippen molar-refractivity contribution in [1.82, 2.24) is 10.6 Å². The number of amides is 1. The highest BCUT2D eigenvalue weighted by Gasteiger charge is 2.40. The molecule has 3 unspecified atom stereocenters. The van der Waals surface area contributed by atoms with Crippen molar-refractivity contribution in [3.8, 4) is 0 Å². The van der Waals surface area contributed by atoms with Gasteiger partial charge in [0.25, 0.3) is 0 Å². The zero-order chi connectivity index (χ0) is 17.1. The molecule has 2 rings (SSSR count). The average Bonchev–Trinajstić information content (AvgIpc) is 2.33. The van der Waals surface area contributed by atoms with E-state index in [1.54, 1.807) is 5.57 Å². The molecule has 0 aliphatic heterocycles. The van der Waals surface area contributed by atoms with Gasteiger partial charge in [0.15, 0.2) is 0 Å². The first-order valence-corrected chi connectivity index (χ1v) is 9.05. The molecule has 1 amide bonds. The van der Waals surface area contributed by atoms with Crippen LogP contribution in [0.5, 0.6) is 0 Å². The summed E-state index contributed by atoms with van der Waals surface area (Å²) in [6.45, 7) is 12.8. The molecular formula is C19H34N2O2. The van der Waals surface area contributed by atoms with Gasteiger partial charge in [0.2, 0.25) is 0 Å². The maximum Gasteiger partial charge on any atom is 0.407 e. The van der Waals surface area contributed by atoms with Crippen LogP contribution in [-0.2, 0) is 4.74 Å². The first-order chi connectivity index (χ1) is 10.7. The topological polar surface area (TPSA) is 50.4 Å². The summed E-state index contributed by atoms with van der Waals surface area (Å²) in [5.41, 5.74) is 1.65. The number of hydrogen-bond donors (Lipinski definition) is 2. The predicted molar refractivity (Wildman–Crippen MR) is 94.4 cm³/mol. The molecule has 2 aliphatic rings. The highest BCUT2D eigenvalue weighted by molar-refractivity contribution is 5.67. The number of hydrogen-bond acceptors (Lipinski definition) is 3. The van der Waals surface area contributed by atoms with Crippen LogP contribution in [0.1, 0.15) is 60.3 Å². The van der Waals surface area contributed by atoms with E-state index >= 15 is 0 Å². The average molecular weight is 322 g/mol. The van der Waals surface area contributed by atoms with E-state index < -0.39 is 5.60 Å². The molecule has 0 spiro atoms. The van der Waals surface area contributed by atoms with E-state index in [-0.39, 0.29) is 6.09 Å². The van der Waals surface area contributed by atoms with Crippen molar-refractivity contribution in [2.75, 3.05) is 19.6 Å². The van der Waals surface area contributed by atoms with E-state index in [1.807, 2.05) is 20.8 Å². The van der Waals surface area contributed by atoms with Gasteiger partial charge in [0, 0.05) is 19.6 Å². The van der Waals surface area contributed by atoms with Gasteiger partial charge in [-0.05, 0) is 63.7 Å². The minimum atomic E-state index is -0.435. The van der Waals surface area contributed by atoms with E-state index in [0.29, 0.717) is 17.9 Å². The molecule has 23 heavy (non-hydrogen) atoms. The molecule has 2 bridgehead atoms. The van der Waals surface area contributed by atoms with Gasteiger partial charge in [-0.2, -0.15) is 0 Å². The van der Waals surface area contributed by atoms with E-state index in [1.165, 1.54) is 25.7 Å². The largest absolute Gasteiger partial charge is 0.444 e. The van der Waals surface area contributed by atoms with Crippen LogP contribution in [0.2, 0.25) is 0 Å². The third kappa shape index (κ3) is 5.83. The monoisotopic (exact) mass is 322 g/mol. The summed E-state index contributed by atoms with van der Waals surface area (Å²) in [5.74, 6) is 1.50. The number of ether oxygens (including phenoxy) is 1. The van der Waals surface area contributed by atoms with E-state index in [9.17, 15) is 4.79 Å². The highest BCUT2D eigenvalue weighted by atomic mass is 16.6. The number of fused-ring (bicyclic) bond motifs is 2. The fraction of sp³-hybridized carbons (Fsp3) is 0.842. The molecule has 0 radical (unpaired) electrons. The maximum atomic E-state index is 11.6. The van der Waals surface area contributed by atoms with Crippen LogP contribution in [0, 0.1) is 17.3 Å². The van der Waals surface area contributed by atoms with Crippen molar-refractivity contribution < 1.29 is 9.53 Å². The summed E-state index contributed by atoms with van der Waals surface area (Å²) in [4.78, 5) is 11.6. The second-order valence-corrected chi connectivity index (χ2v) is 8.80. The van der Waals surface area contributed by atoms with Gasteiger partial charge in [-0.1, -0.05) is 25.5 Å². The lowest BCUT2D eigenvalue weighted by atomic mass is 9.61. The van der Waals surface area contributed by atoms with E-state index in [2.05, 4.69) is 30.6 Å². The van der Waals surface area contributed by atoms with Gasteiger partial charge in [-0.25, -0.2) is 4.79 Å². The van der Waals surface area contributed by atoms with Gasteiger partial charge in [0.1, 0.15) is 5.60 Å². The Morgan fingerprint density at radius 1 is 1.30 bits per heavy atom. The van der Waals surface area contributed by atoms with Crippen LogP contribution < -0.4 is 10.6 Å². The smallest absolute Gasteiger partial charge is 0.407 e. The minimum absolute atomic E-state index is 0.333. The van der Waals surface area contributed by atoms with Crippen LogP contribution in [0.25, 0.3) is 0 Å². The van der Waals surface area contributed by atoms with Gasteiger partial charge in [-0.15, -0.1) is 0 Å². The Hall–Kier alpha value is -1.03. The molecule has 0 saturated heterocycles. The third-order valence-corrected chi connectivity index (χ3v) is 4.74. The van der Waals surface area contributed by atoms with Crippen molar-refractivity contribution in [1.29, 1.82) is 0 Å². The number of alkyl carbamates (subject to hydrolysis) is 1. The summed E-state index contributed by atoms with van der Waals surface area (Å²) < 4.78 is 5.24. The summed E-state index contributed by atoms with van der Waals surface area (Å²) in [7, 11) is 0. The van der Waals surface area contributed by atoms with Crippen molar-refractivity contribution in [3.63, 3.8) is 0 Å². The summed E-state index contributed by atoms with van der Waals surface area (Å²) in [5, 5.41) is 6.38. The molecule has 132 valence electrons. The molecule has 0 aromatic rings. The quantitative estimate of drug-likeness (QED) is 0.597. The molecule has 4 nitrogen and oxygen atoms in total. The Bertz CT molecular complexity index is 453. The zero-order valence-corrected chi connectivity index (χ0v) is 15.5. The second-order valence-electron chi connectivity index (χ2n) is 8.80. The number of carbonyl (C=O) groups is 1. The molecule has 0 aromatic heterocycles. The summed E-state index contributed by atoms with van der Waals surface area (Å²) in [6, 6.07) is 0. The number of allylic oxidation sites excluding steroid dienone is 2. The van der Waals surface area contributed by atoms with Crippen LogP contribution in [0.3, 0.4) is 0 Å². The third-order valence-electron chi connectivity index (χ3n) is 4.74. The second kappa shape index (κ2) is 7.25. The molecule has 3 atom stereocenters. The lowest BCUT2D eigenvalue weighted by Crippen LogP contribution is -2.44. The Morgan fingerprint density at radius 3 is 2.74 bits per heavy atom.